The van der Waals surface area contributed by atoms with Crippen LogP contribution in [0, 0.1) is 0 Å². The van der Waals surface area contributed by atoms with Crippen molar-refractivity contribution in [2.75, 3.05) is 5.75 Å². The largest absolute Gasteiger partial charge is 0.477 e. The standard InChI is InChI=1S/C19H15N7O3S2/c27-14-8-15-26(14)16(19(28)29)12(9-30-15)2-1-5-25-6-3-11(4-7-25)18-20-13(10-31-18)17-21-23-24-22-17/h1-4,6-7,10,15H,5,8-9H2,(H-,21,22,23,24,28,29)/p+1/b2-1+/t15-/m1/s1. The van der Waals surface area contributed by atoms with E-state index in [1.165, 1.54) is 16.2 Å². The van der Waals surface area contributed by atoms with Crippen LogP contribution in [-0.4, -0.2) is 58.6 Å². The second-order valence-electron chi connectivity index (χ2n) is 6.87. The van der Waals surface area contributed by atoms with Gasteiger partial charge in [-0.1, -0.05) is 6.08 Å². The number of hydrogen-bond acceptors (Lipinski definition) is 8. The van der Waals surface area contributed by atoms with Gasteiger partial charge in [-0.25, -0.2) is 14.3 Å². The molecule has 1 atom stereocenters. The number of fused-ring (bicyclic) bond motifs is 1. The Labute approximate surface area is 184 Å². The summed E-state index contributed by atoms with van der Waals surface area (Å²) in [6, 6.07) is 3.93. The molecule has 12 heteroatoms. The van der Waals surface area contributed by atoms with Crippen molar-refractivity contribution >= 4 is 35.0 Å². The van der Waals surface area contributed by atoms with Gasteiger partial charge in [0.2, 0.25) is 11.7 Å². The van der Waals surface area contributed by atoms with Gasteiger partial charge in [-0.3, -0.25) is 9.69 Å². The summed E-state index contributed by atoms with van der Waals surface area (Å²) < 4.78 is 1.97. The molecule has 1 amide bonds. The number of pyridine rings is 1. The van der Waals surface area contributed by atoms with E-state index in [1.54, 1.807) is 17.8 Å². The number of carboxylic acid groups (broad SMARTS) is 1. The highest BCUT2D eigenvalue weighted by Crippen LogP contribution is 2.40. The number of aromatic amines is 1. The molecule has 1 fully saturated rings. The number of tetrazole rings is 1. The van der Waals surface area contributed by atoms with Gasteiger partial charge in [-0.2, -0.15) is 5.21 Å². The maximum Gasteiger partial charge on any atom is 0.352 e. The van der Waals surface area contributed by atoms with Crippen molar-refractivity contribution in [1.29, 1.82) is 0 Å². The first-order valence-electron chi connectivity index (χ1n) is 9.35. The fourth-order valence-electron chi connectivity index (χ4n) is 3.38. The zero-order valence-electron chi connectivity index (χ0n) is 16.0. The fourth-order valence-corrected chi connectivity index (χ4v) is 5.43. The van der Waals surface area contributed by atoms with Gasteiger partial charge in [0.1, 0.15) is 16.4 Å². The summed E-state index contributed by atoms with van der Waals surface area (Å²) in [5.41, 5.74) is 2.42. The lowest BCUT2D eigenvalue weighted by Crippen LogP contribution is -2.53. The number of carbonyl (C=O) groups excluding carboxylic acids is 1. The predicted octanol–water partition coefficient (Wildman–Crippen LogP) is 1.48. The van der Waals surface area contributed by atoms with Crippen LogP contribution >= 0.6 is 23.1 Å². The molecule has 0 saturated carbocycles. The molecule has 2 aliphatic heterocycles. The summed E-state index contributed by atoms with van der Waals surface area (Å²) in [5.74, 6) is -0.141. The Morgan fingerprint density at radius 2 is 2.23 bits per heavy atom. The lowest BCUT2D eigenvalue weighted by atomic mass is 10.1. The molecule has 0 bridgehead atoms. The van der Waals surface area contributed by atoms with Gasteiger partial charge in [0, 0.05) is 28.8 Å². The number of carboxylic acids is 1. The summed E-state index contributed by atoms with van der Waals surface area (Å²) in [6.45, 7) is 0.574. The molecule has 0 aromatic carbocycles. The van der Waals surface area contributed by atoms with E-state index in [0.717, 1.165) is 10.6 Å². The molecule has 156 valence electrons. The van der Waals surface area contributed by atoms with E-state index in [-0.39, 0.29) is 17.0 Å². The second kappa shape index (κ2) is 8.04. The molecule has 0 spiro atoms. The summed E-state index contributed by atoms with van der Waals surface area (Å²) in [4.78, 5) is 29.4. The van der Waals surface area contributed by atoms with E-state index in [1.807, 2.05) is 40.5 Å². The van der Waals surface area contributed by atoms with Gasteiger partial charge < -0.3 is 5.11 Å². The van der Waals surface area contributed by atoms with Gasteiger partial charge in [-0.15, -0.1) is 33.3 Å². The highest BCUT2D eigenvalue weighted by molar-refractivity contribution is 8.00. The number of thioether (sulfide) groups is 1. The molecule has 2 N–H and O–H groups in total. The maximum absolute atomic E-state index is 11.8. The quantitative estimate of drug-likeness (QED) is 0.423. The molecule has 0 unspecified atom stereocenters. The number of nitrogens with one attached hydrogen (secondary N) is 1. The zero-order valence-corrected chi connectivity index (χ0v) is 17.6. The highest BCUT2D eigenvalue weighted by atomic mass is 32.2. The minimum Gasteiger partial charge on any atom is -0.477 e. The first-order valence-corrected chi connectivity index (χ1v) is 11.3. The van der Waals surface area contributed by atoms with Crippen LogP contribution in [0.5, 0.6) is 0 Å². The molecule has 0 radical (unpaired) electrons. The van der Waals surface area contributed by atoms with Crippen molar-refractivity contribution < 1.29 is 19.3 Å². The average molecular weight is 455 g/mol. The smallest absolute Gasteiger partial charge is 0.352 e. The first-order chi connectivity index (χ1) is 15.1. The number of aliphatic carboxylic acids is 1. The van der Waals surface area contributed by atoms with E-state index < -0.39 is 5.97 Å². The number of allylic oxidation sites excluding steroid dienone is 2. The Balaban J connectivity index is 1.28. The van der Waals surface area contributed by atoms with Crippen molar-refractivity contribution in [1.82, 2.24) is 30.5 Å². The molecule has 0 aliphatic carbocycles. The number of rotatable bonds is 6. The van der Waals surface area contributed by atoms with Crippen LogP contribution < -0.4 is 4.57 Å². The van der Waals surface area contributed by atoms with Crippen LogP contribution in [0.1, 0.15) is 6.42 Å². The number of β-lactam (4-membered cyclic amide) rings is 1. The monoisotopic (exact) mass is 454 g/mol. The third-order valence-corrected chi connectivity index (χ3v) is 7.07. The van der Waals surface area contributed by atoms with E-state index in [4.69, 9.17) is 0 Å². The molecule has 3 aromatic heterocycles. The Kier molecular flexibility index (Phi) is 5.08. The van der Waals surface area contributed by atoms with Crippen molar-refractivity contribution in [2.45, 2.75) is 18.3 Å². The summed E-state index contributed by atoms with van der Waals surface area (Å²) in [7, 11) is 0. The number of aromatic nitrogens is 6. The number of nitrogens with zero attached hydrogens (tertiary/aromatic N) is 6. The van der Waals surface area contributed by atoms with Crippen LogP contribution in [0.15, 0.2) is 53.3 Å². The van der Waals surface area contributed by atoms with Crippen molar-refractivity contribution in [3.63, 3.8) is 0 Å². The predicted molar refractivity (Wildman–Crippen MR) is 112 cm³/mol. The topological polar surface area (TPSA) is 129 Å². The average Bonchev–Trinajstić information content (AvgIpc) is 3.46. The van der Waals surface area contributed by atoms with Crippen LogP contribution in [-0.2, 0) is 16.1 Å². The fraction of sp³-hybridized carbons (Fsp3) is 0.211. The van der Waals surface area contributed by atoms with E-state index in [9.17, 15) is 14.7 Å². The van der Waals surface area contributed by atoms with Gasteiger partial charge in [0.25, 0.3) is 0 Å². The Morgan fingerprint density at radius 1 is 1.39 bits per heavy atom. The van der Waals surface area contributed by atoms with Gasteiger partial charge >= 0.3 is 5.97 Å². The highest BCUT2D eigenvalue weighted by Gasteiger charge is 2.44. The Hall–Kier alpha value is -3.38. The third kappa shape index (κ3) is 3.75. The molecule has 3 aromatic rings. The molecule has 2 aliphatic rings. The number of amides is 1. The van der Waals surface area contributed by atoms with Gasteiger partial charge in [0.15, 0.2) is 18.9 Å². The first kappa shape index (κ1) is 19.6. The van der Waals surface area contributed by atoms with Crippen LogP contribution in [0.3, 0.4) is 0 Å². The SMILES string of the molecule is O=C(O)C1=C(/C=C/C[n+]2ccc(-c3nc(-c4nn[nH]n4)cs3)cc2)CS[C@@H]2CC(=O)N12. The molecule has 5 rings (SSSR count). The van der Waals surface area contributed by atoms with E-state index in [2.05, 4.69) is 25.6 Å². The second-order valence-corrected chi connectivity index (χ2v) is 8.90. The molecule has 10 nitrogen and oxygen atoms in total. The lowest BCUT2D eigenvalue weighted by Gasteiger charge is -2.43. The molecule has 31 heavy (non-hydrogen) atoms. The molecular formula is C19H16N7O3S2+. The number of hydrogen-bond donors (Lipinski definition) is 2. The number of thiazole rings is 1. The number of carbonyl (C=O) groups is 2. The lowest BCUT2D eigenvalue weighted by molar-refractivity contribution is -0.686. The van der Waals surface area contributed by atoms with Crippen LogP contribution in [0.4, 0.5) is 0 Å². The summed E-state index contributed by atoms with van der Waals surface area (Å²) in [5, 5.41) is 26.1. The number of H-pyrrole nitrogens is 1. The summed E-state index contributed by atoms with van der Waals surface area (Å²) >= 11 is 3.10. The van der Waals surface area contributed by atoms with Crippen molar-refractivity contribution in [3.8, 4) is 22.1 Å². The third-order valence-electron chi connectivity index (χ3n) is 4.94. The minimum atomic E-state index is -1.06. The van der Waals surface area contributed by atoms with Gasteiger partial charge in [0.05, 0.1) is 11.8 Å². The Morgan fingerprint density at radius 3 is 2.94 bits per heavy atom. The Bertz CT molecular complexity index is 1200. The molecular weight excluding hydrogens is 438 g/mol. The van der Waals surface area contributed by atoms with E-state index in [0.29, 0.717) is 35.8 Å². The molecule has 1 saturated heterocycles. The van der Waals surface area contributed by atoms with Crippen molar-refractivity contribution in [2.24, 2.45) is 0 Å². The van der Waals surface area contributed by atoms with Gasteiger partial charge in [-0.05, 0) is 16.9 Å². The van der Waals surface area contributed by atoms with E-state index >= 15 is 0 Å². The maximum atomic E-state index is 11.8. The van der Waals surface area contributed by atoms with Crippen LogP contribution in [0.25, 0.3) is 22.1 Å². The minimum absolute atomic E-state index is 0.0379. The normalized spacial score (nSPS) is 18.4. The van der Waals surface area contributed by atoms with Crippen LogP contribution in [0.2, 0.25) is 0 Å². The zero-order chi connectivity index (χ0) is 21.4. The summed E-state index contributed by atoms with van der Waals surface area (Å²) in [6.07, 6.45) is 7.99. The molecule has 5 heterocycles. The van der Waals surface area contributed by atoms with Crippen molar-refractivity contribution in [3.05, 3.63) is 53.3 Å².